The lowest BCUT2D eigenvalue weighted by Gasteiger charge is -2.12. The van der Waals surface area contributed by atoms with Crippen molar-refractivity contribution in [1.82, 2.24) is 0 Å². The van der Waals surface area contributed by atoms with Gasteiger partial charge in [0.05, 0.1) is 13.7 Å². The molecule has 2 nitrogen and oxygen atoms in total. The molecule has 0 heterocycles. The molecule has 0 unspecified atom stereocenters. The normalized spacial score (nSPS) is 10.4. The molecule has 0 bridgehead atoms. The van der Waals surface area contributed by atoms with Crippen molar-refractivity contribution in [3.63, 3.8) is 0 Å². The van der Waals surface area contributed by atoms with Gasteiger partial charge >= 0.3 is 0 Å². The van der Waals surface area contributed by atoms with Crippen LogP contribution in [0.1, 0.15) is 25.8 Å². The number of rotatable bonds is 7. The Balaban J connectivity index is 2.71. The zero-order chi connectivity index (χ0) is 12.7. The summed E-state index contributed by atoms with van der Waals surface area (Å²) in [7, 11) is 1.66. The SMILES string of the molecule is C=CCc1ccc(OC)c(OCCC(C)C)c1. The smallest absolute Gasteiger partial charge is 0.161 e. The molecule has 0 fully saturated rings. The summed E-state index contributed by atoms with van der Waals surface area (Å²) in [6.45, 7) is 8.85. The van der Waals surface area contributed by atoms with Crippen molar-refractivity contribution in [1.29, 1.82) is 0 Å². The number of hydrogen-bond donors (Lipinski definition) is 0. The highest BCUT2D eigenvalue weighted by molar-refractivity contribution is 5.43. The summed E-state index contributed by atoms with van der Waals surface area (Å²) in [5, 5.41) is 0. The van der Waals surface area contributed by atoms with E-state index in [0.29, 0.717) is 5.92 Å². The summed E-state index contributed by atoms with van der Waals surface area (Å²) in [4.78, 5) is 0. The van der Waals surface area contributed by atoms with E-state index in [2.05, 4.69) is 20.4 Å². The largest absolute Gasteiger partial charge is 0.493 e. The van der Waals surface area contributed by atoms with E-state index in [1.165, 1.54) is 5.56 Å². The molecule has 94 valence electrons. The molecule has 0 amide bonds. The maximum absolute atomic E-state index is 5.77. The Hall–Kier alpha value is -1.44. The van der Waals surface area contributed by atoms with Crippen LogP contribution in [0.5, 0.6) is 11.5 Å². The highest BCUT2D eigenvalue weighted by Crippen LogP contribution is 2.28. The van der Waals surface area contributed by atoms with Gasteiger partial charge in [-0.15, -0.1) is 6.58 Å². The first-order valence-corrected chi connectivity index (χ1v) is 6.08. The van der Waals surface area contributed by atoms with Crippen LogP contribution >= 0.6 is 0 Å². The van der Waals surface area contributed by atoms with Crippen LogP contribution in [0.4, 0.5) is 0 Å². The fraction of sp³-hybridized carbons (Fsp3) is 0.467. The Labute approximate surface area is 104 Å². The minimum atomic E-state index is 0.650. The topological polar surface area (TPSA) is 18.5 Å². The van der Waals surface area contributed by atoms with Crippen LogP contribution in [-0.4, -0.2) is 13.7 Å². The molecule has 0 aliphatic rings. The quantitative estimate of drug-likeness (QED) is 0.667. The van der Waals surface area contributed by atoms with Crippen molar-refractivity contribution in [2.24, 2.45) is 5.92 Å². The van der Waals surface area contributed by atoms with Crippen molar-refractivity contribution in [3.05, 3.63) is 36.4 Å². The average Bonchev–Trinajstić information content (AvgIpc) is 2.29. The summed E-state index contributed by atoms with van der Waals surface area (Å²) in [5.41, 5.74) is 1.19. The van der Waals surface area contributed by atoms with Gasteiger partial charge in [0, 0.05) is 0 Å². The standard InChI is InChI=1S/C15H22O2/c1-5-6-13-7-8-14(16-4)15(11-13)17-10-9-12(2)3/h5,7-8,11-12H,1,6,9-10H2,2-4H3. The van der Waals surface area contributed by atoms with Gasteiger partial charge in [0.15, 0.2) is 11.5 Å². The number of hydrogen-bond acceptors (Lipinski definition) is 2. The van der Waals surface area contributed by atoms with Gasteiger partial charge in [-0.1, -0.05) is 26.0 Å². The summed E-state index contributed by atoms with van der Waals surface area (Å²) in [6.07, 6.45) is 3.79. The number of allylic oxidation sites excluding steroid dienone is 1. The van der Waals surface area contributed by atoms with E-state index >= 15 is 0 Å². The lowest BCUT2D eigenvalue weighted by molar-refractivity contribution is 0.273. The number of methoxy groups -OCH3 is 1. The van der Waals surface area contributed by atoms with E-state index in [4.69, 9.17) is 9.47 Å². The average molecular weight is 234 g/mol. The molecular formula is C15H22O2. The minimum Gasteiger partial charge on any atom is -0.493 e. The van der Waals surface area contributed by atoms with Crippen LogP contribution in [-0.2, 0) is 6.42 Å². The molecule has 0 N–H and O–H groups in total. The molecule has 2 heteroatoms. The molecule has 1 rings (SSSR count). The fourth-order valence-electron chi connectivity index (χ4n) is 1.53. The van der Waals surface area contributed by atoms with Gasteiger partial charge in [-0.2, -0.15) is 0 Å². The highest BCUT2D eigenvalue weighted by Gasteiger charge is 2.05. The molecule has 17 heavy (non-hydrogen) atoms. The van der Waals surface area contributed by atoms with E-state index in [9.17, 15) is 0 Å². The van der Waals surface area contributed by atoms with E-state index in [-0.39, 0.29) is 0 Å². The van der Waals surface area contributed by atoms with Gasteiger partial charge in [-0.3, -0.25) is 0 Å². The van der Waals surface area contributed by atoms with Gasteiger partial charge in [-0.05, 0) is 36.5 Å². The van der Waals surface area contributed by atoms with Crippen molar-refractivity contribution >= 4 is 0 Å². The Kier molecular flexibility index (Phi) is 5.61. The summed E-state index contributed by atoms with van der Waals surface area (Å²) >= 11 is 0. The Morgan fingerprint density at radius 3 is 2.65 bits per heavy atom. The molecule has 1 aromatic carbocycles. The number of ether oxygens (including phenoxy) is 2. The molecule has 0 radical (unpaired) electrons. The first kappa shape index (κ1) is 13.6. The van der Waals surface area contributed by atoms with Crippen LogP contribution in [0.25, 0.3) is 0 Å². The van der Waals surface area contributed by atoms with Crippen LogP contribution in [0.2, 0.25) is 0 Å². The lowest BCUT2D eigenvalue weighted by Crippen LogP contribution is -2.03. The molecule has 0 aromatic heterocycles. The fourth-order valence-corrected chi connectivity index (χ4v) is 1.53. The van der Waals surface area contributed by atoms with Crippen LogP contribution in [0.3, 0.4) is 0 Å². The molecule has 0 saturated carbocycles. The van der Waals surface area contributed by atoms with Gasteiger partial charge in [-0.25, -0.2) is 0 Å². The molecule has 0 spiro atoms. The summed E-state index contributed by atoms with van der Waals surface area (Å²) in [5.74, 6) is 2.27. The molecule has 0 aliphatic heterocycles. The second kappa shape index (κ2) is 7.00. The molecule has 0 saturated heterocycles. The van der Waals surface area contributed by atoms with Gasteiger partial charge in [0.1, 0.15) is 0 Å². The second-order valence-electron chi connectivity index (χ2n) is 4.51. The molecule has 1 aromatic rings. The monoisotopic (exact) mass is 234 g/mol. The second-order valence-corrected chi connectivity index (χ2v) is 4.51. The van der Waals surface area contributed by atoms with Crippen molar-refractivity contribution in [2.45, 2.75) is 26.7 Å². The summed E-state index contributed by atoms with van der Waals surface area (Å²) < 4.78 is 11.1. The minimum absolute atomic E-state index is 0.650. The van der Waals surface area contributed by atoms with Crippen molar-refractivity contribution < 1.29 is 9.47 Å². The maximum atomic E-state index is 5.77. The molecule has 0 aliphatic carbocycles. The summed E-state index contributed by atoms with van der Waals surface area (Å²) in [6, 6.07) is 6.01. The van der Waals surface area contributed by atoms with Gasteiger partial charge < -0.3 is 9.47 Å². The van der Waals surface area contributed by atoms with Gasteiger partial charge in [0.2, 0.25) is 0 Å². The zero-order valence-corrected chi connectivity index (χ0v) is 11.0. The lowest BCUT2D eigenvalue weighted by atomic mass is 10.1. The Morgan fingerprint density at radius 2 is 2.06 bits per heavy atom. The van der Waals surface area contributed by atoms with Crippen LogP contribution in [0, 0.1) is 5.92 Å². The van der Waals surface area contributed by atoms with Crippen LogP contribution in [0.15, 0.2) is 30.9 Å². The van der Waals surface area contributed by atoms with Gasteiger partial charge in [0.25, 0.3) is 0 Å². The van der Waals surface area contributed by atoms with E-state index in [1.807, 2.05) is 24.3 Å². The van der Waals surface area contributed by atoms with E-state index in [1.54, 1.807) is 7.11 Å². The predicted molar refractivity (Wildman–Crippen MR) is 71.8 cm³/mol. The van der Waals surface area contributed by atoms with E-state index < -0.39 is 0 Å². The van der Waals surface area contributed by atoms with Crippen molar-refractivity contribution in [3.8, 4) is 11.5 Å². The van der Waals surface area contributed by atoms with Crippen LogP contribution < -0.4 is 9.47 Å². The molecular weight excluding hydrogens is 212 g/mol. The maximum Gasteiger partial charge on any atom is 0.161 e. The highest BCUT2D eigenvalue weighted by atomic mass is 16.5. The first-order chi connectivity index (χ1) is 8.17. The first-order valence-electron chi connectivity index (χ1n) is 6.08. The van der Waals surface area contributed by atoms with E-state index in [0.717, 1.165) is 30.9 Å². The Morgan fingerprint density at radius 1 is 1.29 bits per heavy atom. The number of benzene rings is 1. The molecule has 0 atom stereocenters. The Bertz CT molecular complexity index is 356. The van der Waals surface area contributed by atoms with Crippen molar-refractivity contribution in [2.75, 3.05) is 13.7 Å². The third-order valence-electron chi connectivity index (χ3n) is 2.56. The third kappa shape index (κ3) is 4.51. The third-order valence-corrected chi connectivity index (χ3v) is 2.56. The zero-order valence-electron chi connectivity index (χ0n) is 11.0. The predicted octanol–water partition coefficient (Wildman–Crippen LogP) is 3.85.